The molecule has 0 spiro atoms. The van der Waals surface area contributed by atoms with Crippen LogP contribution in [0.3, 0.4) is 0 Å². The van der Waals surface area contributed by atoms with E-state index >= 15 is 0 Å². The van der Waals surface area contributed by atoms with Crippen molar-refractivity contribution >= 4 is 0 Å². The van der Waals surface area contributed by atoms with E-state index in [1.165, 1.54) is 0 Å². The highest BCUT2D eigenvalue weighted by atomic mass is 16.5. The van der Waals surface area contributed by atoms with Crippen LogP contribution in [0.5, 0.6) is 5.75 Å². The first-order valence-corrected chi connectivity index (χ1v) is 7.40. The van der Waals surface area contributed by atoms with Crippen LogP contribution >= 0.6 is 0 Å². The van der Waals surface area contributed by atoms with Crippen molar-refractivity contribution in [3.63, 3.8) is 0 Å². The Morgan fingerprint density at radius 1 is 1.05 bits per heavy atom. The van der Waals surface area contributed by atoms with Crippen LogP contribution in [-0.4, -0.2) is 29.5 Å². The lowest BCUT2D eigenvalue weighted by Gasteiger charge is -2.31. The molecule has 0 fully saturated rings. The highest BCUT2D eigenvalue weighted by molar-refractivity contribution is 5.21. The molecule has 0 heterocycles. The van der Waals surface area contributed by atoms with Gasteiger partial charge in [0.25, 0.3) is 0 Å². The Morgan fingerprint density at radius 2 is 1.70 bits per heavy atom. The molecular formula is C17H28O3. The van der Waals surface area contributed by atoms with Crippen LogP contribution in [0, 0.1) is 0 Å². The summed E-state index contributed by atoms with van der Waals surface area (Å²) in [7, 11) is 0. The van der Waals surface area contributed by atoms with Crippen LogP contribution in [0.2, 0.25) is 0 Å². The van der Waals surface area contributed by atoms with Crippen molar-refractivity contribution in [3.8, 4) is 5.75 Å². The average molecular weight is 280 g/mol. The van der Waals surface area contributed by atoms with E-state index in [2.05, 4.69) is 20.8 Å². The van der Waals surface area contributed by atoms with Gasteiger partial charge in [-0.2, -0.15) is 0 Å². The van der Waals surface area contributed by atoms with Crippen molar-refractivity contribution in [1.29, 1.82) is 0 Å². The van der Waals surface area contributed by atoms with E-state index in [0.29, 0.717) is 13.0 Å². The smallest absolute Gasteiger partial charge is 0.120 e. The Bertz CT molecular complexity index is 375. The van der Waals surface area contributed by atoms with Gasteiger partial charge in [0.1, 0.15) is 11.4 Å². The van der Waals surface area contributed by atoms with Crippen molar-refractivity contribution in [3.05, 3.63) is 30.3 Å². The molecule has 1 atom stereocenters. The van der Waals surface area contributed by atoms with E-state index in [9.17, 15) is 0 Å². The predicted octanol–water partition coefficient (Wildman–Crippen LogP) is 3.80. The van der Waals surface area contributed by atoms with Crippen molar-refractivity contribution < 1.29 is 14.6 Å². The molecule has 0 saturated heterocycles. The fraction of sp³-hybridized carbons (Fsp3) is 0.647. The van der Waals surface area contributed by atoms with E-state index in [0.717, 1.165) is 18.6 Å². The third kappa shape index (κ3) is 5.93. The van der Waals surface area contributed by atoms with Crippen LogP contribution in [0.25, 0.3) is 0 Å². The molecule has 1 rings (SSSR count). The lowest BCUT2D eigenvalue weighted by molar-refractivity contribution is -0.0652. The molecule has 114 valence electrons. The monoisotopic (exact) mass is 280 g/mol. The molecular weight excluding hydrogens is 252 g/mol. The van der Waals surface area contributed by atoms with Gasteiger partial charge < -0.3 is 14.6 Å². The highest BCUT2D eigenvalue weighted by Crippen LogP contribution is 2.24. The number of hydrogen-bond acceptors (Lipinski definition) is 3. The second-order valence-corrected chi connectivity index (χ2v) is 6.05. The molecule has 20 heavy (non-hydrogen) atoms. The first-order valence-electron chi connectivity index (χ1n) is 7.40. The Balaban J connectivity index is 2.43. The summed E-state index contributed by atoms with van der Waals surface area (Å²) in [6.07, 6.45) is 2.37. The molecule has 1 N–H and O–H groups in total. The van der Waals surface area contributed by atoms with Gasteiger partial charge in [-0.25, -0.2) is 0 Å². The van der Waals surface area contributed by atoms with Gasteiger partial charge >= 0.3 is 0 Å². The van der Waals surface area contributed by atoms with E-state index in [-0.39, 0.29) is 17.8 Å². The second kappa shape index (κ2) is 7.65. The van der Waals surface area contributed by atoms with Crippen LogP contribution in [-0.2, 0) is 4.74 Å². The Hall–Kier alpha value is -1.06. The maximum atomic E-state index is 9.08. The maximum absolute atomic E-state index is 9.08. The van der Waals surface area contributed by atoms with E-state index < -0.39 is 0 Å². The van der Waals surface area contributed by atoms with E-state index in [4.69, 9.17) is 14.6 Å². The molecule has 0 amide bonds. The molecule has 0 aliphatic rings. The Morgan fingerprint density at radius 3 is 2.25 bits per heavy atom. The molecule has 1 aromatic carbocycles. The highest BCUT2D eigenvalue weighted by Gasteiger charge is 2.25. The zero-order chi connectivity index (χ0) is 15.1. The molecule has 0 aliphatic carbocycles. The summed E-state index contributed by atoms with van der Waals surface area (Å²) in [5.41, 5.74) is -0.507. The van der Waals surface area contributed by atoms with Gasteiger partial charge in [-0.05, 0) is 45.7 Å². The molecule has 1 unspecified atom stereocenters. The average Bonchev–Trinajstić information content (AvgIpc) is 2.39. The number of aliphatic hydroxyl groups is 1. The van der Waals surface area contributed by atoms with Gasteiger partial charge in [-0.1, -0.05) is 25.1 Å². The third-order valence-electron chi connectivity index (χ3n) is 3.68. The number of ether oxygens (including phenoxy) is 2. The molecule has 1 aromatic rings. The van der Waals surface area contributed by atoms with E-state index in [1.54, 1.807) is 0 Å². The van der Waals surface area contributed by atoms with Crippen molar-refractivity contribution in [2.45, 2.75) is 58.2 Å². The summed E-state index contributed by atoms with van der Waals surface area (Å²) >= 11 is 0. The largest absolute Gasteiger partial charge is 0.488 e. The Labute approximate surface area is 122 Å². The lowest BCUT2D eigenvalue weighted by atomic mass is 9.99. The van der Waals surface area contributed by atoms with Gasteiger partial charge in [-0.15, -0.1) is 0 Å². The second-order valence-electron chi connectivity index (χ2n) is 6.05. The van der Waals surface area contributed by atoms with Gasteiger partial charge in [0, 0.05) is 13.0 Å². The Kier molecular flexibility index (Phi) is 6.50. The molecule has 0 saturated carbocycles. The molecule has 3 heteroatoms. The summed E-state index contributed by atoms with van der Waals surface area (Å²) < 4.78 is 11.9. The first kappa shape index (κ1) is 17.0. The zero-order valence-electron chi connectivity index (χ0n) is 13.2. The quantitative estimate of drug-likeness (QED) is 0.747. The minimum absolute atomic E-state index is 0.161. The molecule has 3 nitrogen and oxygen atoms in total. The number of hydrogen-bond donors (Lipinski definition) is 1. The first-order chi connectivity index (χ1) is 9.41. The van der Waals surface area contributed by atoms with Crippen molar-refractivity contribution in [2.75, 3.05) is 13.2 Å². The summed E-state index contributed by atoms with van der Waals surface area (Å²) in [4.78, 5) is 0. The topological polar surface area (TPSA) is 38.7 Å². The number of benzene rings is 1. The van der Waals surface area contributed by atoms with Crippen LogP contribution in [0.15, 0.2) is 30.3 Å². The molecule has 0 aliphatic heterocycles. The maximum Gasteiger partial charge on any atom is 0.120 e. The van der Waals surface area contributed by atoms with Crippen molar-refractivity contribution in [2.24, 2.45) is 0 Å². The minimum Gasteiger partial charge on any atom is -0.488 e. The van der Waals surface area contributed by atoms with Gasteiger partial charge in [0.15, 0.2) is 0 Å². The number of rotatable bonds is 9. The minimum atomic E-state index is -0.269. The van der Waals surface area contributed by atoms with Crippen LogP contribution in [0.1, 0.15) is 47.0 Å². The normalized spacial score (nSPS) is 14.8. The van der Waals surface area contributed by atoms with Crippen molar-refractivity contribution in [1.82, 2.24) is 0 Å². The summed E-state index contributed by atoms with van der Waals surface area (Å²) in [6, 6.07) is 9.84. The predicted molar refractivity (Wildman–Crippen MR) is 82.1 cm³/mol. The standard InChI is InChI=1S/C17H28O3/c1-5-17(4,11-13-18)19-14-12-16(2,3)20-15-9-7-6-8-10-15/h6-10,18H,5,11-14H2,1-4H3. The van der Waals surface area contributed by atoms with Gasteiger partial charge in [-0.3, -0.25) is 0 Å². The summed E-state index contributed by atoms with van der Waals surface area (Å²) in [5.74, 6) is 0.881. The zero-order valence-corrected chi connectivity index (χ0v) is 13.2. The third-order valence-corrected chi connectivity index (χ3v) is 3.68. The molecule has 0 bridgehead atoms. The van der Waals surface area contributed by atoms with E-state index in [1.807, 2.05) is 37.3 Å². The fourth-order valence-corrected chi connectivity index (χ4v) is 1.99. The summed E-state index contributed by atoms with van der Waals surface area (Å²) in [6.45, 7) is 9.06. The summed E-state index contributed by atoms with van der Waals surface area (Å²) in [5, 5.41) is 9.08. The van der Waals surface area contributed by atoms with Crippen LogP contribution < -0.4 is 4.74 Å². The molecule has 0 radical (unpaired) electrons. The number of aliphatic hydroxyl groups excluding tert-OH is 1. The fourth-order valence-electron chi connectivity index (χ4n) is 1.99. The lowest BCUT2D eigenvalue weighted by Crippen LogP contribution is -2.34. The van der Waals surface area contributed by atoms with Gasteiger partial charge in [0.2, 0.25) is 0 Å². The van der Waals surface area contributed by atoms with Gasteiger partial charge in [0.05, 0.1) is 12.2 Å². The SMILES string of the molecule is CCC(C)(CCO)OCCC(C)(C)Oc1ccccc1. The number of para-hydroxylation sites is 1. The molecule has 0 aromatic heterocycles. The van der Waals surface area contributed by atoms with Crippen LogP contribution in [0.4, 0.5) is 0 Å².